The Morgan fingerprint density at radius 3 is 1.21 bits per heavy atom. The third kappa shape index (κ3) is 5.08. The van der Waals surface area contributed by atoms with Crippen LogP contribution in [0.3, 0.4) is 0 Å². The van der Waals surface area contributed by atoms with E-state index in [1.807, 2.05) is 0 Å². The average Bonchev–Trinajstić information content (AvgIpc) is 2.76. The summed E-state index contributed by atoms with van der Waals surface area (Å²) < 4.78 is 5.14. The first-order valence-corrected chi connectivity index (χ1v) is 18.7. The first-order chi connectivity index (χ1) is 13.8. The van der Waals surface area contributed by atoms with Crippen LogP contribution in [0.4, 0.5) is 0 Å². The molecule has 0 unspecified atom stereocenters. The molecule has 144 valence electrons. The van der Waals surface area contributed by atoms with Gasteiger partial charge in [0.25, 0.3) is 0 Å². The molecule has 0 aromatic heterocycles. The van der Waals surface area contributed by atoms with Crippen LogP contribution in [0.25, 0.3) is 0 Å². The van der Waals surface area contributed by atoms with E-state index in [0.717, 1.165) is 3.93 Å². The first kappa shape index (κ1) is 19.8. The van der Waals surface area contributed by atoms with Crippen LogP contribution >= 0.6 is 0 Å². The Morgan fingerprint density at radius 2 is 0.857 bits per heavy atom. The zero-order valence-electron chi connectivity index (χ0n) is 16.9. The second kappa shape index (κ2) is 9.78. The Bertz CT molecular complexity index is 718. The van der Waals surface area contributed by atoms with Gasteiger partial charge in [0.1, 0.15) is 0 Å². The summed E-state index contributed by atoms with van der Waals surface area (Å²) in [5.41, 5.74) is 4.74. The zero-order valence-corrected chi connectivity index (χ0v) is 19.7. The van der Waals surface area contributed by atoms with E-state index in [1.165, 1.54) is 45.4 Å². The van der Waals surface area contributed by atoms with Gasteiger partial charge in [-0.25, -0.2) is 0 Å². The van der Waals surface area contributed by atoms with Crippen LogP contribution in [-0.2, 0) is 13.3 Å². The van der Waals surface area contributed by atoms with Crippen molar-refractivity contribution in [2.75, 3.05) is 0 Å². The van der Waals surface area contributed by atoms with Crippen molar-refractivity contribution in [2.45, 2.75) is 49.3 Å². The quantitative estimate of drug-likeness (QED) is 0.320. The molecule has 1 aliphatic rings. The van der Waals surface area contributed by atoms with Gasteiger partial charge in [-0.2, -0.15) is 0 Å². The summed E-state index contributed by atoms with van der Waals surface area (Å²) in [5.74, 6) is 0. The third-order valence-electron chi connectivity index (χ3n) is 6.67. The van der Waals surface area contributed by atoms with Gasteiger partial charge >= 0.3 is 175 Å². The number of rotatable bonds is 7. The van der Waals surface area contributed by atoms with Gasteiger partial charge < -0.3 is 0 Å². The van der Waals surface area contributed by atoms with Crippen molar-refractivity contribution in [1.29, 1.82) is 0 Å². The van der Waals surface area contributed by atoms with E-state index in [-0.39, 0.29) is 0 Å². The predicted molar refractivity (Wildman–Crippen MR) is 123 cm³/mol. The summed E-state index contributed by atoms with van der Waals surface area (Å²) in [7, 11) is 0. The van der Waals surface area contributed by atoms with E-state index in [0.29, 0.717) is 0 Å². The monoisotopic (exact) mass is 476 g/mol. The van der Waals surface area contributed by atoms with Crippen LogP contribution in [0.5, 0.6) is 0 Å². The van der Waals surface area contributed by atoms with Crippen LogP contribution in [0.2, 0.25) is 3.93 Å². The van der Waals surface area contributed by atoms with Crippen molar-refractivity contribution in [3.05, 3.63) is 108 Å². The van der Waals surface area contributed by atoms with E-state index in [4.69, 9.17) is 0 Å². The molecule has 3 aromatic rings. The van der Waals surface area contributed by atoms with Gasteiger partial charge in [0, 0.05) is 0 Å². The maximum absolute atomic E-state index is 2.59. The summed E-state index contributed by atoms with van der Waals surface area (Å²) >= 11 is -2.59. The molecule has 0 heterocycles. The van der Waals surface area contributed by atoms with Gasteiger partial charge in [-0.15, -0.1) is 0 Å². The van der Waals surface area contributed by atoms with Gasteiger partial charge in [0.05, 0.1) is 0 Å². The topological polar surface area (TPSA) is 0 Å². The fraction of sp³-hybridized carbons (Fsp3) is 0.333. The summed E-state index contributed by atoms with van der Waals surface area (Å²) in [6.07, 6.45) is 7.29. The Morgan fingerprint density at radius 1 is 0.500 bits per heavy atom. The van der Waals surface area contributed by atoms with Crippen LogP contribution in [-0.4, -0.2) is 18.4 Å². The standard InChI is InChI=1S/3C7H7.C6H11.Sn/c3*1-7-5-3-2-4-6-7;1-2-4-6-5-3-1;/h3*2-6H,1H2;1H,2-6H2;. The summed E-state index contributed by atoms with van der Waals surface area (Å²) in [6.45, 7) is 0. The minimum absolute atomic E-state index is 1.00. The molecule has 1 saturated carbocycles. The maximum atomic E-state index is 2.38. The second-order valence-electron chi connectivity index (χ2n) is 8.68. The molecule has 1 aliphatic carbocycles. The van der Waals surface area contributed by atoms with Crippen molar-refractivity contribution in [3.63, 3.8) is 0 Å². The molecule has 0 bridgehead atoms. The summed E-state index contributed by atoms with van der Waals surface area (Å²) in [4.78, 5) is 0. The van der Waals surface area contributed by atoms with Crippen LogP contribution in [0.1, 0.15) is 48.8 Å². The Balaban J connectivity index is 1.74. The fourth-order valence-electron chi connectivity index (χ4n) is 5.34. The Kier molecular flexibility index (Phi) is 6.90. The van der Waals surface area contributed by atoms with E-state index >= 15 is 0 Å². The Hall–Kier alpha value is -1.54. The van der Waals surface area contributed by atoms with Gasteiger partial charge in [-0.3, -0.25) is 0 Å². The summed E-state index contributed by atoms with van der Waals surface area (Å²) in [5, 5.41) is 0. The number of benzene rings is 3. The zero-order chi connectivity index (χ0) is 19.1. The first-order valence-electron chi connectivity index (χ1n) is 11.0. The molecule has 0 aliphatic heterocycles. The van der Waals surface area contributed by atoms with Crippen LogP contribution in [0.15, 0.2) is 91.0 Å². The predicted octanol–water partition coefficient (Wildman–Crippen LogP) is 7.12. The van der Waals surface area contributed by atoms with E-state index in [2.05, 4.69) is 91.0 Å². The fourth-order valence-corrected chi connectivity index (χ4v) is 22.5. The molecule has 1 heteroatoms. The molecule has 0 spiro atoms. The van der Waals surface area contributed by atoms with Crippen LogP contribution in [0, 0.1) is 0 Å². The van der Waals surface area contributed by atoms with E-state index < -0.39 is 18.4 Å². The molecule has 0 radical (unpaired) electrons. The van der Waals surface area contributed by atoms with Gasteiger partial charge in [0.2, 0.25) is 0 Å². The molecule has 0 saturated heterocycles. The molecule has 0 nitrogen and oxygen atoms in total. The molecule has 0 amide bonds. The number of hydrogen-bond donors (Lipinski definition) is 0. The second-order valence-corrected chi connectivity index (χ2v) is 21.8. The van der Waals surface area contributed by atoms with Crippen LogP contribution < -0.4 is 0 Å². The van der Waals surface area contributed by atoms with Crippen molar-refractivity contribution in [3.8, 4) is 0 Å². The third-order valence-corrected chi connectivity index (χ3v) is 22.8. The molecule has 0 N–H and O–H groups in total. The molecule has 28 heavy (non-hydrogen) atoms. The molecule has 0 atom stereocenters. The van der Waals surface area contributed by atoms with Crippen molar-refractivity contribution < 1.29 is 0 Å². The van der Waals surface area contributed by atoms with E-state index in [1.54, 1.807) is 16.7 Å². The average molecular weight is 475 g/mol. The molecule has 1 fully saturated rings. The molecule has 4 rings (SSSR count). The number of hydrogen-bond acceptors (Lipinski definition) is 0. The Labute approximate surface area is 174 Å². The minimum atomic E-state index is -2.59. The van der Waals surface area contributed by atoms with Gasteiger partial charge in [0.15, 0.2) is 0 Å². The van der Waals surface area contributed by atoms with Crippen molar-refractivity contribution >= 4 is 18.4 Å². The van der Waals surface area contributed by atoms with Gasteiger partial charge in [-0.1, -0.05) is 0 Å². The van der Waals surface area contributed by atoms with Crippen molar-refractivity contribution in [2.24, 2.45) is 0 Å². The van der Waals surface area contributed by atoms with E-state index in [9.17, 15) is 0 Å². The molecular weight excluding hydrogens is 443 g/mol. The van der Waals surface area contributed by atoms with Crippen molar-refractivity contribution in [1.82, 2.24) is 0 Å². The van der Waals surface area contributed by atoms with Gasteiger partial charge in [-0.05, 0) is 0 Å². The normalized spacial score (nSPS) is 15.4. The molecular formula is C27H32Sn. The summed E-state index contributed by atoms with van der Waals surface area (Å²) in [6, 6.07) is 34.2. The molecule has 3 aromatic carbocycles. The SMILES string of the molecule is c1ccc([CH2][Sn]([CH2]c2ccccc2)([CH2]c2ccccc2)[CH]2CCCCC2)cc1.